The van der Waals surface area contributed by atoms with Gasteiger partial charge in [-0.2, -0.15) is 0 Å². The van der Waals surface area contributed by atoms with E-state index in [1.165, 1.54) is 16.7 Å². The first-order chi connectivity index (χ1) is 16.3. The van der Waals surface area contributed by atoms with Gasteiger partial charge in [0.15, 0.2) is 5.82 Å². The zero-order chi connectivity index (χ0) is 24.2. The second-order valence-corrected chi connectivity index (χ2v) is 8.20. The molecule has 1 N–H and O–H groups in total. The highest BCUT2D eigenvalue weighted by atomic mass is 35.5. The molecule has 0 aliphatic rings. The van der Waals surface area contributed by atoms with Crippen molar-refractivity contribution in [2.75, 3.05) is 0 Å². The van der Waals surface area contributed by atoms with Crippen molar-refractivity contribution in [1.29, 1.82) is 0 Å². The smallest absolute Gasteiger partial charge is 0.347 e. The number of amides is 1. The Labute approximate surface area is 199 Å². The monoisotopic (exact) mass is 482 g/mol. The molecule has 34 heavy (non-hydrogen) atoms. The Kier molecular flexibility index (Phi) is 6.88. The van der Waals surface area contributed by atoms with Crippen molar-refractivity contribution in [1.82, 2.24) is 19.7 Å². The molecule has 0 aliphatic heterocycles. The second-order valence-electron chi connectivity index (χ2n) is 7.76. The van der Waals surface area contributed by atoms with Crippen LogP contribution in [0.5, 0.6) is 0 Å². The number of aromatic nitrogens is 3. The molecule has 0 spiro atoms. The Bertz CT molecular complexity index is 1380. The standard InChI is InChI=1S/C25H21ClF2N4O2/c1-16(20-7-3-5-9-22(20)28)29-23(33)15-32-25(34)31(14-18-6-2-4-8-21(18)27)24(30-32)17-10-12-19(26)13-11-17/h2-13,16H,14-15H2,1H3,(H,29,33). The number of hydrogen-bond donors (Lipinski definition) is 1. The molecule has 1 aromatic heterocycles. The Morgan fingerprint density at radius 3 is 2.32 bits per heavy atom. The van der Waals surface area contributed by atoms with Crippen molar-refractivity contribution in [3.8, 4) is 11.4 Å². The number of rotatable bonds is 7. The van der Waals surface area contributed by atoms with Crippen LogP contribution in [-0.4, -0.2) is 20.3 Å². The normalized spacial score (nSPS) is 11.9. The molecule has 3 aromatic carbocycles. The van der Waals surface area contributed by atoms with Gasteiger partial charge in [0.2, 0.25) is 5.91 Å². The molecule has 0 aliphatic carbocycles. The third-order valence-electron chi connectivity index (χ3n) is 5.35. The van der Waals surface area contributed by atoms with E-state index in [0.717, 1.165) is 4.68 Å². The van der Waals surface area contributed by atoms with Crippen molar-refractivity contribution in [3.63, 3.8) is 0 Å². The van der Waals surface area contributed by atoms with E-state index >= 15 is 0 Å². The number of benzene rings is 3. The molecule has 4 rings (SSSR count). The Hall–Kier alpha value is -3.78. The van der Waals surface area contributed by atoms with Crippen LogP contribution in [0.3, 0.4) is 0 Å². The molecule has 1 unspecified atom stereocenters. The van der Waals surface area contributed by atoms with E-state index in [1.807, 2.05) is 0 Å². The first kappa shape index (κ1) is 23.4. The molecule has 6 nitrogen and oxygen atoms in total. The molecule has 0 fully saturated rings. The number of nitrogens with zero attached hydrogens (tertiary/aromatic N) is 3. The van der Waals surface area contributed by atoms with Crippen LogP contribution in [0.4, 0.5) is 8.78 Å². The van der Waals surface area contributed by atoms with Crippen LogP contribution < -0.4 is 11.0 Å². The lowest BCUT2D eigenvalue weighted by atomic mass is 10.1. The maximum absolute atomic E-state index is 14.3. The minimum Gasteiger partial charge on any atom is -0.348 e. The number of nitrogens with one attached hydrogen (secondary N) is 1. The molecule has 0 bridgehead atoms. The highest BCUT2D eigenvalue weighted by molar-refractivity contribution is 6.30. The summed E-state index contributed by atoms with van der Waals surface area (Å²) in [6.07, 6.45) is 0. The first-order valence-corrected chi connectivity index (χ1v) is 10.9. The number of carbonyl (C=O) groups is 1. The van der Waals surface area contributed by atoms with Gasteiger partial charge in [-0.1, -0.05) is 48.0 Å². The zero-order valence-electron chi connectivity index (χ0n) is 18.2. The van der Waals surface area contributed by atoms with E-state index in [9.17, 15) is 18.4 Å². The van der Waals surface area contributed by atoms with E-state index in [0.29, 0.717) is 21.7 Å². The fourth-order valence-electron chi connectivity index (χ4n) is 3.62. The van der Waals surface area contributed by atoms with Gasteiger partial charge in [0, 0.05) is 21.7 Å². The van der Waals surface area contributed by atoms with Crippen molar-refractivity contribution >= 4 is 17.5 Å². The third kappa shape index (κ3) is 5.07. The number of hydrogen-bond acceptors (Lipinski definition) is 3. The van der Waals surface area contributed by atoms with Crippen LogP contribution in [0.15, 0.2) is 77.6 Å². The lowest BCUT2D eigenvalue weighted by Gasteiger charge is -2.14. The minimum absolute atomic E-state index is 0.0727. The summed E-state index contributed by atoms with van der Waals surface area (Å²) < 4.78 is 30.6. The SMILES string of the molecule is CC(NC(=O)Cn1nc(-c2ccc(Cl)cc2)n(Cc2ccccc2F)c1=O)c1ccccc1F. The summed E-state index contributed by atoms with van der Waals surface area (Å²) in [5, 5.41) is 7.53. The van der Waals surface area contributed by atoms with Crippen LogP contribution in [-0.2, 0) is 17.9 Å². The third-order valence-corrected chi connectivity index (χ3v) is 5.61. The lowest BCUT2D eigenvalue weighted by Crippen LogP contribution is -2.35. The fraction of sp³-hybridized carbons (Fsp3) is 0.160. The summed E-state index contributed by atoms with van der Waals surface area (Å²) in [6, 6.07) is 18.3. The van der Waals surface area contributed by atoms with Gasteiger partial charge < -0.3 is 5.32 Å². The van der Waals surface area contributed by atoms with Crippen LogP contribution >= 0.6 is 11.6 Å². The summed E-state index contributed by atoms with van der Waals surface area (Å²) in [7, 11) is 0. The topological polar surface area (TPSA) is 68.9 Å². The molecule has 1 heterocycles. The van der Waals surface area contributed by atoms with E-state index in [4.69, 9.17) is 11.6 Å². The quantitative estimate of drug-likeness (QED) is 0.419. The second kappa shape index (κ2) is 10.0. The Balaban J connectivity index is 1.64. The van der Waals surface area contributed by atoms with Gasteiger partial charge in [-0.05, 0) is 43.3 Å². The predicted molar refractivity (Wildman–Crippen MR) is 125 cm³/mol. The molecule has 0 radical (unpaired) electrons. The van der Waals surface area contributed by atoms with Gasteiger partial charge in [-0.3, -0.25) is 9.36 Å². The van der Waals surface area contributed by atoms with Crippen molar-refractivity contribution in [2.24, 2.45) is 0 Å². The van der Waals surface area contributed by atoms with Gasteiger partial charge in [-0.25, -0.2) is 18.3 Å². The first-order valence-electron chi connectivity index (χ1n) is 10.5. The van der Waals surface area contributed by atoms with Gasteiger partial charge in [0.1, 0.15) is 18.2 Å². The van der Waals surface area contributed by atoms with E-state index in [1.54, 1.807) is 67.6 Å². The molecule has 9 heteroatoms. The number of halogens is 3. The Morgan fingerprint density at radius 2 is 1.65 bits per heavy atom. The summed E-state index contributed by atoms with van der Waals surface area (Å²) in [6.45, 7) is 1.19. The van der Waals surface area contributed by atoms with E-state index in [2.05, 4.69) is 10.4 Å². The summed E-state index contributed by atoms with van der Waals surface area (Å²) in [5.41, 5.74) is 0.630. The minimum atomic E-state index is -0.611. The molecule has 4 aromatic rings. The lowest BCUT2D eigenvalue weighted by molar-refractivity contribution is -0.122. The predicted octanol–water partition coefficient (Wildman–Crippen LogP) is 4.57. The van der Waals surface area contributed by atoms with Crippen LogP contribution in [0.25, 0.3) is 11.4 Å². The summed E-state index contributed by atoms with van der Waals surface area (Å²) in [4.78, 5) is 25.8. The molecule has 174 valence electrons. The average Bonchev–Trinajstić information content (AvgIpc) is 3.11. The average molecular weight is 483 g/mol. The molecular formula is C25H21ClF2N4O2. The van der Waals surface area contributed by atoms with Crippen LogP contribution in [0.1, 0.15) is 24.1 Å². The van der Waals surface area contributed by atoms with Gasteiger partial charge in [-0.15, -0.1) is 5.10 Å². The van der Waals surface area contributed by atoms with Crippen molar-refractivity contribution in [3.05, 3.63) is 111 Å². The van der Waals surface area contributed by atoms with E-state index in [-0.39, 0.29) is 18.9 Å². The Morgan fingerprint density at radius 1 is 1.00 bits per heavy atom. The molecule has 0 saturated carbocycles. The zero-order valence-corrected chi connectivity index (χ0v) is 19.0. The van der Waals surface area contributed by atoms with Crippen molar-refractivity contribution < 1.29 is 13.6 Å². The maximum Gasteiger partial charge on any atom is 0.347 e. The van der Waals surface area contributed by atoms with Gasteiger partial charge in [0.25, 0.3) is 0 Å². The van der Waals surface area contributed by atoms with Gasteiger partial charge in [0.05, 0.1) is 12.6 Å². The molecular weight excluding hydrogens is 462 g/mol. The highest BCUT2D eigenvalue weighted by Gasteiger charge is 2.20. The fourth-order valence-corrected chi connectivity index (χ4v) is 3.75. The van der Waals surface area contributed by atoms with Crippen LogP contribution in [0, 0.1) is 11.6 Å². The maximum atomic E-state index is 14.3. The largest absolute Gasteiger partial charge is 0.348 e. The number of carbonyl (C=O) groups excluding carboxylic acids is 1. The summed E-state index contributed by atoms with van der Waals surface area (Å²) >= 11 is 5.98. The molecule has 1 atom stereocenters. The highest BCUT2D eigenvalue weighted by Crippen LogP contribution is 2.21. The van der Waals surface area contributed by atoms with Gasteiger partial charge >= 0.3 is 5.69 Å². The summed E-state index contributed by atoms with van der Waals surface area (Å²) in [5.74, 6) is -1.15. The van der Waals surface area contributed by atoms with E-state index < -0.39 is 29.3 Å². The van der Waals surface area contributed by atoms with Crippen molar-refractivity contribution in [2.45, 2.75) is 26.1 Å². The van der Waals surface area contributed by atoms with Crippen LogP contribution in [0.2, 0.25) is 5.02 Å². The molecule has 0 saturated heterocycles. The molecule has 1 amide bonds.